The molecule has 0 saturated carbocycles. The topological polar surface area (TPSA) is 75.5 Å². The van der Waals surface area contributed by atoms with E-state index in [1.165, 1.54) is 12.1 Å². The van der Waals surface area contributed by atoms with Crippen LogP contribution in [0.25, 0.3) is 0 Å². The van der Waals surface area contributed by atoms with Crippen LogP contribution >= 0.6 is 0 Å². The van der Waals surface area contributed by atoms with Crippen LogP contribution in [0.1, 0.15) is 26.3 Å². The normalized spacial score (nSPS) is 12.2. The van der Waals surface area contributed by atoms with Crippen LogP contribution in [0.15, 0.2) is 24.3 Å². The van der Waals surface area contributed by atoms with E-state index in [0.29, 0.717) is 0 Å². The zero-order valence-electron chi connectivity index (χ0n) is 12.1. The molecule has 0 fully saturated rings. The number of carbonyl (C=O) groups excluding carboxylic acids is 1. The lowest BCUT2D eigenvalue weighted by atomic mass is 10.1. The number of nitro groups is 1. The van der Waals surface area contributed by atoms with Gasteiger partial charge in [0.05, 0.1) is 17.5 Å². The Labute approximate surface area is 118 Å². The fourth-order valence-electron chi connectivity index (χ4n) is 2.07. The first kappa shape index (κ1) is 16.1. The molecule has 0 aliphatic carbocycles. The molecular formula is C14H21N3O3. The first-order chi connectivity index (χ1) is 9.47. The number of non-ortho nitro benzene ring substituents is 1. The van der Waals surface area contributed by atoms with Gasteiger partial charge in [-0.1, -0.05) is 26.0 Å². The molecule has 0 radical (unpaired) electrons. The van der Waals surface area contributed by atoms with Crippen LogP contribution in [0.2, 0.25) is 0 Å². The van der Waals surface area contributed by atoms with E-state index in [4.69, 9.17) is 0 Å². The third-order valence-electron chi connectivity index (χ3n) is 3.24. The minimum absolute atomic E-state index is 0.0180. The van der Waals surface area contributed by atoms with E-state index < -0.39 is 4.92 Å². The van der Waals surface area contributed by atoms with Gasteiger partial charge in [0, 0.05) is 12.1 Å². The maximum absolute atomic E-state index is 11.9. The van der Waals surface area contributed by atoms with Gasteiger partial charge in [-0.3, -0.25) is 19.8 Å². The van der Waals surface area contributed by atoms with Crippen LogP contribution in [0.4, 0.5) is 5.69 Å². The summed E-state index contributed by atoms with van der Waals surface area (Å²) in [7, 11) is 0. The first-order valence-corrected chi connectivity index (χ1v) is 6.74. The Morgan fingerprint density at radius 3 is 2.30 bits per heavy atom. The number of nitrogens with zero attached hydrogens (tertiary/aromatic N) is 2. The number of amides is 1. The standard InChI is InChI=1S/C14H21N3O3/c1-4-16(5-2)11(3)15-14(18)10-12-6-8-13(9-7-12)17(19)20/h6-9,11H,4-5,10H2,1-3H3,(H,15,18). The van der Waals surface area contributed by atoms with Crippen molar-refractivity contribution >= 4 is 11.6 Å². The number of nitro benzene ring substituents is 1. The zero-order valence-corrected chi connectivity index (χ0v) is 12.1. The molecule has 0 bridgehead atoms. The van der Waals surface area contributed by atoms with Crippen molar-refractivity contribution in [1.82, 2.24) is 10.2 Å². The molecule has 1 unspecified atom stereocenters. The minimum atomic E-state index is -0.452. The molecule has 0 aromatic heterocycles. The Morgan fingerprint density at radius 2 is 1.85 bits per heavy atom. The molecule has 1 amide bonds. The monoisotopic (exact) mass is 279 g/mol. The number of rotatable bonds is 7. The molecule has 0 aliphatic rings. The van der Waals surface area contributed by atoms with E-state index in [1.54, 1.807) is 12.1 Å². The van der Waals surface area contributed by atoms with Crippen molar-refractivity contribution < 1.29 is 9.72 Å². The van der Waals surface area contributed by atoms with E-state index in [9.17, 15) is 14.9 Å². The van der Waals surface area contributed by atoms with Crippen LogP contribution in [-0.4, -0.2) is 35.0 Å². The van der Waals surface area contributed by atoms with Crippen LogP contribution in [0.3, 0.4) is 0 Å². The van der Waals surface area contributed by atoms with Gasteiger partial charge in [0.15, 0.2) is 0 Å². The van der Waals surface area contributed by atoms with Gasteiger partial charge in [0.25, 0.3) is 5.69 Å². The first-order valence-electron chi connectivity index (χ1n) is 6.74. The molecule has 1 aromatic rings. The summed E-state index contributed by atoms with van der Waals surface area (Å²) in [5, 5.41) is 13.5. The van der Waals surface area contributed by atoms with Gasteiger partial charge in [-0.05, 0) is 25.6 Å². The summed E-state index contributed by atoms with van der Waals surface area (Å²) in [4.78, 5) is 24.1. The van der Waals surface area contributed by atoms with Gasteiger partial charge in [-0.25, -0.2) is 0 Å². The predicted molar refractivity (Wildman–Crippen MR) is 77.3 cm³/mol. The molecular weight excluding hydrogens is 258 g/mol. The van der Waals surface area contributed by atoms with Crippen molar-refractivity contribution in [3.05, 3.63) is 39.9 Å². The highest BCUT2D eigenvalue weighted by Gasteiger charge is 2.13. The van der Waals surface area contributed by atoms with E-state index >= 15 is 0 Å². The second kappa shape index (κ2) is 7.59. The van der Waals surface area contributed by atoms with Crippen molar-refractivity contribution in [1.29, 1.82) is 0 Å². The Bertz CT molecular complexity index is 455. The van der Waals surface area contributed by atoms with Gasteiger partial charge in [-0.2, -0.15) is 0 Å². The highest BCUT2D eigenvalue weighted by molar-refractivity contribution is 5.78. The van der Waals surface area contributed by atoms with Gasteiger partial charge >= 0.3 is 0 Å². The molecule has 1 rings (SSSR count). The number of hydrogen-bond acceptors (Lipinski definition) is 4. The molecule has 6 heteroatoms. The number of benzene rings is 1. The maximum atomic E-state index is 11.9. The van der Waals surface area contributed by atoms with Crippen molar-refractivity contribution in [2.24, 2.45) is 0 Å². The second-order valence-corrected chi connectivity index (χ2v) is 4.57. The lowest BCUT2D eigenvalue weighted by Gasteiger charge is -2.27. The second-order valence-electron chi connectivity index (χ2n) is 4.57. The average molecular weight is 279 g/mol. The smallest absolute Gasteiger partial charge is 0.269 e. The summed E-state index contributed by atoms with van der Waals surface area (Å²) in [6.07, 6.45) is 0.208. The van der Waals surface area contributed by atoms with Gasteiger partial charge in [0.1, 0.15) is 0 Å². The molecule has 1 aromatic carbocycles. The summed E-state index contributed by atoms with van der Waals surface area (Å²) < 4.78 is 0. The van der Waals surface area contributed by atoms with Crippen molar-refractivity contribution in [3.63, 3.8) is 0 Å². The number of hydrogen-bond donors (Lipinski definition) is 1. The molecule has 1 N–H and O–H groups in total. The van der Waals surface area contributed by atoms with Gasteiger partial charge in [-0.15, -0.1) is 0 Å². The van der Waals surface area contributed by atoms with Gasteiger partial charge < -0.3 is 5.32 Å². The van der Waals surface area contributed by atoms with Crippen LogP contribution in [0.5, 0.6) is 0 Å². The minimum Gasteiger partial charge on any atom is -0.341 e. The fourth-order valence-corrected chi connectivity index (χ4v) is 2.07. The maximum Gasteiger partial charge on any atom is 0.269 e. The third-order valence-corrected chi connectivity index (χ3v) is 3.24. The molecule has 0 spiro atoms. The fraction of sp³-hybridized carbons (Fsp3) is 0.500. The van der Waals surface area contributed by atoms with E-state index in [-0.39, 0.29) is 24.2 Å². The Morgan fingerprint density at radius 1 is 1.30 bits per heavy atom. The highest BCUT2D eigenvalue weighted by Crippen LogP contribution is 2.12. The van der Waals surface area contributed by atoms with E-state index in [1.807, 2.05) is 20.8 Å². The Kier molecular flexibility index (Phi) is 6.11. The van der Waals surface area contributed by atoms with E-state index in [2.05, 4.69) is 10.2 Å². The average Bonchev–Trinajstić information content (AvgIpc) is 2.40. The molecule has 0 saturated heterocycles. The largest absolute Gasteiger partial charge is 0.341 e. The summed E-state index contributed by atoms with van der Waals surface area (Å²) in [6.45, 7) is 7.77. The predicted octanol–water partition coefficient (Wildman–Crippen LogP) is 1.94. The van der Waals surface area contributed by atoms with Crippen LogP contribution < -0.4 is 5.32 Å². The summed E-state index contributed by atoms with van der Waals surface area (Å²) in [6, 6.07) is 6.05. The SMILES string of the molecule is CCN(CC)C(C)NC(=O)Cc1ccc([N+](=O)[O-])cc1. The number of nitrogens with one attached hydrogen (secondary N) is 1. The Hall–Kier alpha value is -1.95. The summed E-state index contributed by atoms with van der Waals surface area (Å²) in [5.74, 6) is -0.0850. The lowest BCUT2D eigenvalue weighted by molar-refractivity contribution is -0.384. The lowest BCUT2D eigenvalue weighted by Crippen LogP contribution is -2.46. The zero-order chi connectivity index (χ0) is 15.1. The van der Waals surface area contributed by atoms with Crippen molar-refractivity contribution in [2.45, 2.75) is 33.4 Å². The molecule has 1 atom stereocenters. The highest BCUT2D eigenvalue weighted by atomic mass is 16.6. The molecule has 6 nitrogen and oxygen atoms in total. The van der Waals surface area contributed by atoms with Crippen molar-refractivity contribution in [2.75, 3.05) is 13.1 Å². The Balaban J connectivity index is 2.55. The van der Waals surface area contributed by atoms with Crippen LogP contribution in [-0.2, 0) is 11.2 Å². The third kappa shape index (κ3) is 4.62. The summed E-state index contributed by atoms with van der Waals surface area (Å²) >= 11 is 0. The van der Waals surface area contributed by atoms with Gasteiger partial charge in [0.2, 0.25) is 5.91 Å². The summed E-state index contributed by atoms with van der Waals surface area (Å²) in [5.41, 5.74) is 0.797. The van der Waals surface area contributed by atoms with Crippen LogP contribution in [0, 0.1) is 10.1 Å². The molecule has 20 heavy (non-hydrogen) atoms. The molecule has 110 valence electrons. The molecule has 0 heterocycles. The molecule has 0 aliphatic heterocycles. The van der Waals surface area contributed by atoms with E-state index in [0.717, 1.165) is 18.7 Å². The quantitative estimate of drug-likeness (QED) is 0.470. The number of carbonyl (C=O) groups is 1. The van der Waals surface area contributed by atoms with Crippen molar-refractivity contribution in [3.8, 4) is 0 Å².